The fraction of sp³-hybridized carbons (Fsp3) is 0.348. The molecule has 6 nitrogen and oxygen atoms in total. The summed E-state index contributed by atoms with van der Waals surface area (Å²) in [7, 11) is 1.60. The van der Waals surface area contributed by atoms with E-state index in [2.05, 4.69) is 5.32 Å². The monoisotopic (exact) mass is 425 g/mol. The molecule has 1 atom stereocenters. The molecule has 3 rings (SSSR count). The number of para-hydroxylation sites is 1. The predicted octanol–water partition coefficient (Wildman–Crippen LogP) is 4.22. The normalized spacial score (nSPS) is 17.6. The van der Waals surface area contributed by atoms with Gasteiger partial charge >= 0.3 is 0 Å². The number of nitrogens with one attached hydrogen (secondary N) is 1. The highest BCUT2D eigenvalue weighted by Gasteiger charge is 2.39. The van der Waals surface area contributed by atoms with Crippen molar-refractivity contribution in [1.82, 2.24) is 4.90 Å². The minimum Gasteiger partial charge on any atom is -0.383 e. The number of benzene rings is 2. The molecule has 0 unspecified atom stereocenters. The molecule has 7 heteroatoms. The van der Waals surface area contributed by atoms with E-state index in [1.807, 2.05) is 63.2 Å². The van der Waals surface area contributed by atoms with Crippen LogP contribution in [0.25, 0.3) is 0 Å². The molecule has 0 saturated carbocycles. The van der Waals surface area contributed by atoms with Crippen LogP contribution in [0.4, 0.5) is 11.4 Å². The highest BCUT2D eigenvalue weighted by atomic mass is 32.2. The van der Waals surface area contributed by atoms with E-state index in [9.17, 15) is 9.59 Å². The van der Waals surface area contributed by atoms with Crippen molar-refractivity contribution in [1.29, 1.82) is 0 Å². The van der Waals surface area contributed by atoms with E-state index in [1.54, 1.807) is 12.0 Å². The highest BCUT2D eigenvalue weighted by Crippen LogP contribution is 2.33. The molecule has 0 bridgehead atoms. The van der Waals surface area contributed by atoms with E-state index in [4.69, 9.17) is 9.73 Å². The zero-order valence-electron chi connectivity index (χ0n) is 17.8. The molecular formula is C23H27N3O3S. The Morgan fingerprint density at radius 1 is 1.13 bits per heavy atom. The van der Waals surface area contributed by atoms with Gasteiger partial charge in [0.2, 0.25) is 11.8 Å². The summed E-state index contributed by atoms with van der Waals surface area (Å²) < 4.78 is 5.16. The molecule has 1 heterocycles. The van der Waals surface area contributed by atoms with Gasteiger partial charge in [0.1, 0.15) is 5.25 Å². The highest BCUT2D eigenvalue weighted by molar-refractivity contribution is 8.15. The maximum absolute atomic E-state index is 13.0. The number of amidine groups is 1. The maximum atomic E-state index is 13.0. The first-order valence-corrected chi connectivity index (χ1v) is 10.8. The molecule has 1 saturated heterocycles. The number of carbonyl (C=O) groups is 2. The van der Waals surface area contributed by atoms with Gasteiger partial charge in [-0.3, -0.25) is 14.5 Å². The average molecular weight is 426 g/mol. The third kappa shape index (κ3) is 5.09. The molecule has 2 aromatic rings. The number of rotatable bonds is 7. The van der Waals surface area contributed by atoms with Crippen molar-refractivity contribution in [2.75, 3.05) is 25.6 Å². The first-order chi connectivity index (χ1) is 14.4. The third-order valence-corrected chi connectivity index (χ3v) is 6.30. The molecule has 0 radical (unpaired) electrons. The molecule has 2 aromatic carbocycles. The van der Waals surface area contributed by atoms with Crippen molar-refractivity contribution in [2.45, 2.75) is 32.4 Å². The number of aliphatic imine (C=N–C) groups is 1. The third-order valence-electron chi connectivity index (χ3n) is 5.12. The van der Waals surface area contributed by atoms with E-state index >= 15 is 0 Å². The van der Waals surface area contributed by atoms with Gasteiger partial charge in [0, 0.05) is 19.2 Å². The van der Waals surface area contributed by atoms with Crippen molar-refractivity contribution in [2.24, 2.45) is 4.99 Å². The number of amides is 2. The first kappa shape index (κ1) is 22.1. The second-order valence-corrected chi connectivity index (χ2v) is 8.44. The number of ether oxygens (including phenoxy) is 1. The molecule has 1 fully saturated rings. The Labute approximate surface area is 181 Å². The van der Waals surface area contributed by atoms with Gasteiger partial charge in [-0.2, -0.15) is 0 Å². The average Bonchev–Trinajstić information content (AvgIpc) is 3.00. The molecule has 1 aliphatic rings. The number of methoxy groups -OCH3 is 1. The van der Waals surface area contributed by atoms with E-state index in [1.165, 1.54) is 11.8 Å². The number of aryl methyl sites for hydroxylation is 2. The summed E-state index contributed by atoms with van der Waals surface area (Å²) in [5, 5.41) is 3.01. The standard InChI is InChI=1S/C23H27N3O3S/c1-15-9-7-11-19(17(15)3)25-23-26(12-13-29-4)22(28)20(30-23)14-21(27)24-18-10-6-5-8-16(18)2/h5-11,20H,12-14H2,1-4H3,(H,24,27)/t20-/m1/s1. The maximum Gasteiger partial charge on any atom is 0.242 e. The fourth-order valence-electron chi connectivity index (χ4n) is 3.16. The minimum absolute atomic E-state index is 0.0904. The van der Waals surface area contributed by atoms with Crippen LogP contribution >= 0.6 is 11.8 Å². The van der Waals surface area contributed by atoms with E-state index < -0.39 is 5.25 Å². The Morgan fingerprint density at radius 2 is 1.87 bits per heavy atom. The second-order valence-electron chi connectivity index (χ2n) is 7.27. The Hall–Kier alpha value is -2.64. The number of hydrogen-bond acceptors (Lipinski definition) is 5. The van der Waals surface area contributed by atoms with Gasteiger partial charge in [-0.05, 0) is 49.6 Å². The smallest absolute Gasteiger partial charge is 0.242 e. The van der Waals surface area contributed by atoms with Crippen molar-refractivity contribution in [3.8, 4) is 0 Å². The molecule has 0 spiro atoms. The number of thioether (sulfide) groups is 1. The zero-order valence-corrected chi connectivity index (χ0v) is 18.6. The predicted molar refractivity (Wildman–Crippen MR) is 122 cm³/mol. The summed E-state index contributed by atoms with van der Waals surface area (Å²) in [5.74, 6) is -0.295. The first-order valence-electron chi connectivity index (χ1n) is 9.88. The molecule has 158 valence electrons. The molecular weight excluding hydrogens is 398 g/mol. The molecule has 0 aromatic heterocycles. The van der Waals surface area contributed by atoms with Crippen molar-refractivity contribution in [3.63, 3.8) is 0 Å². The lowest BCUT2D eigenvalue weighted by molar-refractivity contribution is -0.128. The summed E-state index contributed by atoms with van der Waals surface area (Å²) in [6.07, 6.45) is 0.0904. The molecule has 1 aliphatic heterocycles. The summed E-state index contributed by atoms with van der Waals surface area (Å²) in [4.78, 5) is 32.0. The van der Waals surface area contributed by atoms with Crippen molar-refractivity contribution < 1.29 is 14.3 Å². The largest absolute Gasteiger partial charge is 0.383 e. The molecule has 1 N–H and O–H groups in total. The van der Waals surface area contributed by atoms with Crippen molar-refractivity contribution in [3.05, 3.63) is 59.2 Å². The van der Waals surface area contributed by atoms with Crippen LogP contribution in [0.15, 0.2) is 47.5 Å². The van der Waals surface area contributed by atoms with Crippen LogP contribution in [-0.2, 0) is 14.3 Å². The molecule has 30 heavy (non-hydrogen) atoms. The van der Waals surface area contributed by atoms with E-state index in [0.29, 0.717) is 18.3 Å². The van der Waals surface area contributed by atoms with Gasteiger partial charge in [-0.15, -0.1) is 0 Å². The Balaban J connectivity index is 1.79. The van der Waals surface area contributed by atoms with Crippen LogP contribution in [0.3, 0.4) is 0 Å². The lowest BCUT2D eigenvalue weighted by Gasteiger charge is -2.16. The quantitative estimate of drug-likeness (QED) is 0.721. The van der Waals surface area contributed by atoms with Gasteiger partial charge in [0.05, 0.1) is 18.8 Å². The van der Waals surface area contributed by atoms with Crippen LogP contribution in [0.5, 0.6) is 0 Å². The van der Waals surface area contributed by atoms with Crippen LogP contribution < -0.4 is 5.32 Å². The van der Waals surface area contributed by atoms with Gasteiger partial charge in [0.15, 0.2) is 5.17 Å². The van der Waals surface area contributed by atoms with E-state index in [-0.39, 0.29) is 18.2 Å². The second kappa shape index (κ2) is 9.91. The lowest BCUT2D eigenvalue weighted by atomic mass is 10.1. The Bertz CT molecular complexity index is 974. The van der Waals surface area contributed by atoms with Crippen LogP contribution in [-0.4, -0.2) is 47.4 Å². The minimum atomic E-state index is -0.505. The summed E-state index contributed by atoms with van der Waals surface area (Å²) in [6, 6.07) is 13.5. The number of hydrogen-bond donors (Lipinski definition) is 1. The number of nitrogens with zero attached hydrogens (tertiary/aromatic N) is 2. The number of carbonyl (C=O) groups excluding carboxylic acids is 2. The zero-order chi connectivity index (χ0) is 21.7. The van der Waals surface area contributed by atoms with E-state index in [0.717, 1.165) is 28.1 Å². The Morgan fingerprint density at radius 3 is 2.60 bits per heavy atom. The van der Waals surface area contributed by atoms with Crippen molar-refractivity contribution >= 4 is 40.1 Å². The van der Waals surface area contributed by atoms with Crippen LogP contribution in [0.1, 0.15) is 23.1 Å². The summed E-state index contributed by atoms with van der Waals surface area (Å²) in [5.41, 5.74) is 4.79. The van der Waals surface area contributed by atoms with Crippen LogP contribution in [0.2, 0.25) is 0 Å². The number of anilines is 1. The SMILES string of the molecule is COCCN1C(=O)[C@@H](CC(=O)Nc2ccccc2C)SC1=Nc1cccc(C)c1C. The van der Waals surface area contributed by atoms with Gasteiger partial charge in [-0.1, -0.05) is 42.1 Å². The lowest BCUT2D eigenvalue weighted by Crippen LogP contribution is -2.35. The molecule has 2 amide bonds. The Kier molecular flexibility index (Phi) is 7.29. The van der Waals surface area contributed by atoms with Crippen LogP contribution in [0, 0.1) is 20.8 Å². The topological polar surface area (TPSA) is 71.0 Å². The fourth-order valence-corrected chi connectivity index (χ4v) is 4.33. The summed E-state index contributed by atoms with van der Waals surface area (Å²) in [6.45, 7) is 6.80. The van der Waals surface area contributed by atoms with Gasteiger partial charge in [0.25, 0.3) is 0 Å². The van der Waals surface area contributed by atoms with Gasteiger partial charge in [-0.25, -0.2) is 4.99 Å². The van der Waals surface area contributed by atoms with Gasteiger partial charge < -0.3 is 10.1 Å². The summed E-state index contributed by atoms with van der Waals surface area (Å²) >= 11 is 1.34. The molecule has 0 aliphatic carbocycles.